The topological polar surface area (TPSA) is 72.3 Å². The fourth-order valence-electron chi connectivity index (χ4n) is 1.89. The first-order valence-corrected chi connectivity index (χ1v) is 5.83. The zero-order chi connectivity index (χ0) is 13.1. The van der Waals surface area contributed by atoms with E-state index in [1.165, 1.54) is 7.05 Å². The largest absolute Gasteiger partial charge is 0.324 e. The minimum absolute atomic E-state index is 0.171. The Kier molecular flexibility index (Phi) is 3.60. The smallest absolute Gasteiger partial charge is 0.238 e. The zero-order valence-electron chi connectivity index (χ0n) is 10.3. The van der Waals surface area contributed by atoms with Gasteiger partial charge in [-0.15, -0.1) is 0 Å². The van der Waals surface area contributed by atoms with Crippen molar-refractivity contribution in [3.8, 4) is 0 Å². The third-order valence-corrected chi connectivity index (χ3v) is 2.99. The molecule has 4 heteroatoms. The van der Waals surface area contributed by atoms with Gasteiger partial charge < -0.3 is 5.73 Å². The van der Waals surface area contributed by atoms with Gasteiger partial charge in [-0.3, -0.25) is 9.80 Å². The van der Waals surface area contributed by atoms with E-state index in [4.69, 9.17) is 11.6 Å². The summed E-state index contributed by atoms with van der Waals surface area (Å²) >= 11 is 0. The molecule has 0 aliphatic carbocycles. The molecule has 2 aromatic carbocycles. The van der Waals surface area contributed by atoms with Crippen LogP contribution in [-0.4, -0.2) is 18.0 Å². The van der Waals surface area contributed by atoms with E-state index in [1.807, 2.05) is 42.5 Å². The number of fused-ring (bicyclic) bond motifs is 1. The minimum Gasteiger partial charge on any atom is -0.324 e. The monoisotopic (exact) mass is 243 g/mol. The molecule has 94 valence electrons. The molecule has 0 fully saturated rings. The Bertz CT molecular complexity index is 566. The van der Waals surface area contributed by atoms with E-state index in [0.29, 0.717) is 0 Å². The number of rotatable bonds is 3. The number of hydrogen-bond acceptors (Lipinski definition) is 3. The van der Waals surface area contributed by atoms with Gasteiger partial charge in [0.15, 0.2) is 0 Å². The molecule has 0 spiro atoms. The molecule has 0 aromatic heterocycles. The molecule has 0 bridgehead atoms. The van der Waals surface area contributed by atoms with Crippen LogP contribution < -0.4 is 11.6 Å². The second kappa shape index (κ2) is 5.16. The van der Waals surface area contributed by atoms with Crippen LogP contribution >= 0.6 is 0 Å². The molecule has 0 saturated heterocycles. The molecular formula is C14H17N3O. The van der Waals surface area contributed by atoms with Crippen molar-refractivity contribution in [3.05, 3.63) is 48.0 Å². The van der Waals surface area contributed by atoms with Crippen LogP contribution in [0.1, 0.15) is 18.0 Å². The summed E-state index contributed by atoms with van der Waals surface area (Å²) in [6, 6.07) is 13.7. The van der Waals surface area contributed by atoms with Gasteiger partial charge in [-0.2, -0.15) is 0 Å². The van der Waals surface area contributed by atoms with Crippen LogP contribution in [0, 0.1) is 0 Å². The first-order chi connectivity index (χ1) is 8.58. The molecule has 0 heterocycles. The SMILES string of the molecule is CN(N)C(=O)CC(N)c1ccc2ccccc2c1. The Labute approximate surface area is 106 Å². The van der Waals surface area contributed by atoms with Crippen LogP contribution in [0.25, 0.3) is 10.8 Å². The second-order valence-electron chi connectivity index (χ2n) is 4.42. The number of carbonyl (C=O) groups is 1. The molecular weight excluding hydrogens is 226 g/mol. The molecule has 2 rings (SSSR count). The normalized spacial score (nSPS) is 12.4. The molecule has 4 nitrogen and oxygen atoms in total. The average Bonchev–Trinajstić information content (AvgIpc) is 2.37. The number of nitrogens with two attached hydrogens (primary N) is 2. The molecule has 1 unspecified atom stereocenters. The van der Waals surface area contributed by atoms with Gasteiger partial charge in [0.2, 0.25) is 5.91 Å². The average molecular weight is 243 g/mol. The highest BCUT2D eigenvalue weighted by molar-refractivity contribution is 5.83. The van der Waals surface area contributed by atoms with Crippen LogP contribution in [0.2, 0.25) is 0 Å². The minimum atomic E-state index is -0.326. The third-order valence-electron chi connectivity index (χ3n) is 2.99. The van der Waals surface area contributed by atoms with Crippen molar-refractivity contribution in [2.75, 3.05) is 7.05 Å². The summed E-state index contributed by atoms with van der Waals surface area (Å²) in [5.74, 6) is 5.21. The number of benzene rings is 2. The lowest BCUT2D eigenvalue weighted by Crippen LogP contribution is -2.35. The van der Waals surface area contributed by atoms with Crippen molar-refractivity contribution in [3.63, 3.8) is 0 Å². The van der Waals surface area contributed by atoms with Gasteiger partial charge in [0, 0.05) is 19.5 Å². The van der Waals surface area contributed by atoms with Crippen molar-refractivity contribution in [1.29, 1.82) is 0 Å². The molecule has 4 N–H and O–H groups in total. The zero-order valence-corrected chi connectivity index (χ0v) is 10.3. The Morgan fingerprint density at radius 3 is 2.56 bits per heavy atom. The van der Waals surface area contributed by atoms with Crippen molar-refractivity contribution in [2.45, 2.75) is 12.5 Å². The predicted octanol–water partition coefficient (Wildman–Crippen LogP) is 1.56. The lowest BCUT2D eigenvalue weighted by Gasteiger charge is -2.15. The number of hydrogen-bond donors (Lipinski definition) is 2. The molecule has 18 heavy (non-hydrogen) atoms. The lowest BCUT2D eigenvalue weighted by atomic mass is 10.0. The first kappa shape index (κ1) is 12.5. The highest BCUT2D eigenvalue weighted by Gasteiger charge is 2.13. The standard InChI is InChI=1S/C14H17N3O/c1-17(16)14(18)9-13(15)12-7-6-10-4-2-3-5-11(10)8-12/h2-8,13H,9,15-16H2,1H3. The molecule has 0 saturated carbocycles. The van der Waals surface area contributed by atoms with E-state index in [0.717, 1.165) is 21.3 Å². The van der Waals surface area contributed by atoms with Crippen LogP contribution in [-0.2, 0) is 4.79 Å². The van der Waals surface area contributed by atoms with Crippen LogP contribution in [0.15, 0.2) is 42.5 Å². The Balaban J connectivity index is 2.22. The number of nitrogens with zero attached hydrogens (tertiary/aromatic N) is 1. The number of carbonyl (C=O) groups excluding carboxylic acids is 1. The molecule has 0 radical (unpaired) electrons. The van der Waals surface area contributed by atoms with Gasteiger partial charge >= 0.3 is 0 Å². The lowest BCUT2D eigenvalue weighted by molar-refractivity contribution is -0.130. The maximum atomic E-state index is 11.5. The molecule has 1 atom stereocenters. The van der Waals surface area contributed by atoms with Gasteiger partial charge in [-0.05, 0) is 22.4 Å². The van der Waals surface area contributed by atoms with E-state index in [-0.39, 0.29) is 18.4 Å². The van der Waals surface area contributed by atoms with Crippen molar-refractivity contribution >= 4 is 16.7 Å². The number of amides is 1. The first-order valence-electron chi connectivity index (χ1n) is 5.83. The fourth-order valence-corrected chi connectivity index (χ4v) is 1.89. The van der Waals surface area contributed by atoms with Gasteiger partial charge in [-0.25, -0.2) is 5.84 Å². The van der Waals surface area contributed by atoms with Crippen molar-refractivity contribution in [2.24, 2.45) is 11.6 Å². The quantitative estimate of drug-likeness (QED) is 0.488. The van der Waals surface area contributed by atoms with Crippen LogP contribution in [0.3, 0.4) is 0 Å². The Morgan fingerprint density at radius 2 is 1.89 bits per heavy atom. The van der Waals surface area contributed by atoms with E-state index in [1.54, 1.807) is 0 Å². The van der Waals surface area contributed by atoms with Gasteiger partial charge in [-0.1, -0.05) is 36.4 Å². The summed E-state index contributed by atoms with van der Waals surface area (Å²) in [4.78, 5) is 11.5. The highest BCUT2D eigenvalue weighted by Crippen LogP contribution is 2.21. The summed E-state index contributed by atoms with van der Waals surface area (Å²) < 4.78 is 0. The molecule has 0 aliphatic heterocycles. The Morgan fingerprint density at radius 1 is 1.22 bits per heavy atom. The predicted molar refractivity (Wildman–Crippen MR) is 72.5 cm³/mol. The maximum Gasteiger partial charge on any atom is 0.238 e. The number of hydrazine groups is 1. The fraction of sp³-hybridized carbons (Fsp3) is 0.214. The van der Waals surface area contributed by atoms with Crippen molar-refractivity contribution < 1.29 is 4.79 Å². The van der Waals surface area contributed by atoms with E-state index in [9.17, 15) is 4.79 Å². The molecule has 1 amide bonds. The van der Waals surface area contributed by atoms with Gasteiger partial charge in [0.25, 0.3) is 0 Å². The van der Waals surface area contributed by atoms with Gasteiger partial charge in [0.05, 0.1) is 0 Å². The summed E-state index contributed by atoms with van der Waals surface area (Å²) in [5, 5.41) is 3.36. The third kappa shape index (κ3) is 2.67. The maximum absolute atomic E-state index is 11.5. The summed E-state index contributed by atoms with van der Waals surface area (Å²) in [5.41, 5.74) is 6.97. The second-order valence-corrected chi connectivity index (χ2v) is 4.42. The van der Waals surface area contributed by atoms with E-state index in [2.05, 4.69) is 0 Å². The summed E-state index contributed by atoms with van der Waals surface area (Å²) in [6.45, 7) is 0. The molecule has 0 aliphatic rings. The van der Waals surface area contributed by atoms with E-state index >= 15 is 0 Å². The van der Waals surface area contributed by atoms with Crippen LogP contribution in [0.5, 0.6) is 0 Å². The molecule has 2 aromatic rings. The van der Waals surface area contributed by atoms with Crippen LogP contribution in [0.4, 0.5) is 0 Å². The van der Waals surface area contributed by atoms with Crippen molar-refractivity contribution in [1.82, 2.24) is 5.01 Å². The Hall–Kier alpha value is -1.91. The van der Waals surface area contributed by atoms with Gasteiger partial charge in [0.1, 0.15) is 0 Å². The summed E-state index contributed by atoms with van der Waals surface area (Å²) in [7, 11) is 1.52. The van der Waals surface area contributed by atoms with E-state index < -0.39 is 0 Å². The highest BCUT2D eigenvalue weighted by atomic mass is 16.2. The summed E-state index contributed by atoms with van der Waals surface area (Å²) in [6.07, 6.45) is 0.214.